The van der Waals surface area contributed by atoms with Gasteiger partial charge in [-0.25, -0.2) is 0 Å². The van der Waals surface area contributed by atoms with Crippen molar-refractivity contribution in [2.75, 3.05) is 12.0 Å². The standard InChI is InChI=1S/C22H25Cl2N5O2S/c1-13(2)19(26-21(30)15-8-7-14(23)12-16(15)24)22(31)25-17(9-11-32-3)20-28-27-18-6-4-5-10-29(18)20/h4-8,10,12-13,17,19H,9,11H2,1-3H3,(H,25,31)(H,26,30)/t17?,19-/m1/s1. The summed E-state index contributed by atoms with van der Waals surface area (Å²) in [6.07, 6.45) is 4.55. The Balaban J connectivity index is 1.81. The minimum Gasteiger partial charge on any atom is -0.344 e. The van der Waals surface area contributed by atoms with Crippen LogP contribution >= 0.6 is 35.0 Å². The lowest BCUT2D eigenvalue weighted by atomic mass is 10.0. The zero-order valence-electron chi connectivity index (χ0n) is 18.0. The Kier molecular flexibility index (Phi) is 8.39. The zero-order valence-corrected chi connectivity index (χ0v) is 20.3. The molecule has 0 radical (unpaired) electrons. The number of pyridine rings is 1. The Morgan fingerprint density at radius 2 is 1.91 bits per heavy atom. The monoisotopic (exact) mass is 493 g/mol. The highest BCUT2D eigenvalue weighted by molar-refractivity contribution is 7.98. The first-order chi connectivity index (χ1) is 15.3. The summed E-state index contributed by atoms with van der Waals surface area (Å²) in [7, 11) is 0. The van der Waals surface area contributed by atoms with Gasteiger partial charge in [-0.15, -0.1) is 10.2 Å². The van der Waals surface area contributed by atoms with Crippen LogP contribution in [0.1, 0.15) is 42.5 Å². The number of fused-ring (bicyclic) bond motifs is 1. The number of nitrogens with zero attached hydrogens (tertiary/aromatic N) is 3. The van der Waals surface area contributed by atoms with E-state index in [1.165, 1.54) is 6.07 Å². The summed E-state index contributed by atoms with van der Waals surface area (Å²) in [4.78, 5) is 26.1. The van der Waals surface area contributed by atoms with Crippen LogP contribution in [0.25, 0.3) is 5.65 Å². The van der Waals surface area contributed by atoms with Crippen molar-refractivity contribution in [3.05, 3.63) is 64.0 Å². The maximum absolute atomic E-state index is 13.3. The van der Waals surface area contributed by atoms with Crippen molar-refractivity contribution in [1.29, 1.82) is 0 Å². The molecule has 2 aromatic heterocycles. The summed E-state index contributed by atoms with van der Waals surface area (Å²) in [5, 5.41) is 15.0. The molecule has 0 saturated heterocycles. The average Bonchev–Trinajstić information content (AvgIpc) is 3.18. The number of nitrogens with one attached hydrogen (secondary N) is 2. The van der Waals surface area contributed by atoms with Gasteiger partial charge in [-0.2, -0.15) is 11.8 Å². The fourth-order valence-electron chi connectivity index (χ4n) is 3.29. The molecular formula is C22H25Cl2N5O2S. The van der Waals surface area contributed by atoms with E-state index in [0.29, 0.717) is 22.9 Å². The van der Waals surface area contributed by atoms with Gasteiger partial charge in [-0.05, 0) is 54.7 Å². The number of thioether (sulfide) groups is 1. The summed E-state index contributed by atoms with van der Waals surface area (Å²) in [5.74, 6) is 0.594. The molecule has 32 heavy (non-hydrogen) atoms. The number of hydrogen-bond donors (Lipinski definition) is 2. The summed E-state index contributed by atoms with van der Waals surface area (Å²) in [6.45, 7) is 3.74. The SMILES string of the molecule is CSCCC(NC(=O)[C@H](NC(=O)c1ccc(Cl)cc1Cl)C(C)C)c1nnc2ccccn12. The Hall–Kier alpha value is -2.29. The second-order valence-corrected chi connectivity index (χ2v) is 9.48. The second kappa shape index (κ2) is 11.0. The van der Waals surface area contributed by atoms with E-state index in [1.807, 2.05) is 48.9 Å². The summed E-state index contributed by atoms with van der Waals surface area (Å²) < 4.78 is 1.86. The van der Waals surface area contributed by atoms with Crippen molar-refractivity contribution in [2.24, 2.45) is 5.92 Å². The van der Waals surface area contributed by atoms with Crippen molar-refractivity contribution in [2.45, 2.75) is 32.4 Å². The lowest BCUT2D eigenvalue weighted by molar-refractivity contribution is -0.124. The minimum atomic E-state index is -0.759. The molecule has 0 fully saturated rings. The van der Waals surface area contributed by atoms with E-state index < -0.39 is 11.9 Å². The number of halogens is 2. The molecule has 3 rings (SSSR count). The third-order valence-electron chi connectivity index (χ3n) is 4.99. The highest BCUT2D eigenvalue weighted by Crippen LogP contribution is 2.22. The molecule has 0 bridgehead atoms. The first-order valence-electron chi connectivity index (χ1n) is 10.2. The highest BCUT2D eigenvalue weighted by Gasteiger charge is 2.29. The van der Waals surface area contributed by atoms with Crippen LogP contribution in [0.4, 0.5) is 0 Å². The van der Waals surface area contributed by atoms with Crippen LogP contribution < -0.4 is 10.6 Å². The van der Waals surface area contributed by atoms with E-state index in [-0.39, 0.29) is 28.5 Å². The predicted octanol–water partition coefficient (Wildman–Crippen LogP) is 4.40. The molecule has 7 nitrogen and oxygen atoms in total. The van der Waals surface area contributed by atoms with Crippen LogP contribution in [0.5, 0.6) is 0 Å². The Morgan fingerprint density at radius 1 is 1.12 bits per heavy atom. The van der Waals surface area contributed by atoms with Gasteiger partial charge in [0.15, 0.2) is 11.5 Å². The lowest BCUT2D eigenvalue weighted by Crippen LogP contribution is -2.50. The van der Waals surface area contributed by atoms with Crippen molar-refractivity contribution < 1.29 is 9.59 Å². The molecule has 0 saturated carbocycles. The Bertz CT molecular complexity index is 1100. The number of amides is 2. The van der Waals surface area contributed by atoms with Gasteiger partial charge in [0.1, 0.15) is 6.04 Å². The van der Waals surface area contributed by atoms with Crippen LogP contribution in [0, 0.1) is 5.92 Å². The lowest BCUT2D eigenvalue weighted by Gasteiger charge is -2.25. The number of carbonyl (C=O) groups is 2. The smallest absolute Gasteiger partial charge is 0.253 e. The molecule has 2 heterocycles. The largest absolute Gasteiger partial charge is 0.344 e. The third-order valence-corrected chi connectivity index (χ3v) is 6.18. The van der Waals surface area contributed by atoms with E-state index in [1.54, 1.807) is 23.9 Å². The molecule has 2 atom stereocenters. The van der Waals surface area contributed by atoms with Crippen LogP contribution in [0.2, 0.25) is 10.0 Å². The molecule has 10 heteroatoms. The molecule has 0 aliphatic rings. The number of benzene rings is 1. The fourth-order valence-corrected chi connectivity index (χ4v) is 4.25. The molecule has 2 amide bonds. The van der Waals surface area contributed by atoms with Gasteiger partial charge in [-0.3, -0.25) is 14.0 Å². The number of aromatic nitrogens is 3. The van der Waals surface area contributed by atoms with Gasteiger partial charge in [0.2, 0.25) is 5.91 Å². The van der Waals surface area contributed by atoms with Crippen LogP contribution in [-0.4, -0.2) is 44.5 Å². The molecule has 2 N–H and O–H groups in total. The van der Waals surface area contributed by atoms with Crippen LogP contribution in [0.15, 0.2) is 42.6 Å². The topological polar surface area (TPSA) is 88.4 Å². The van der Waals surface area contributed by atoms with E-state index in [9.17, 15) is 9.59 Å². The van der Waals surface area contributed by atoms with E-state index in [2.05, 4.69) is 20.8 Å². The van der Waals surface area contributed by atoms with Crippen LogP contribution in [-0.2, 0) is 4.79 Å². The van der Waals surface area contributed by atoms with Gasteiger partial charge < -0.3 is 10.6 Å². The molecule has 170 valence electrons. The maximum Gasteiger partial charge on any atom is 0.253 e. The predicted molar refractivity (Wildman–Crippen MR) is 129 cm³/mol. The van der Waals surface area contributed by atoms with Crippen molar-refractivity contribution in [3.63, 3.8) is 0 Å². The van der Waals surface area contributed by atoms with Crippen molar-refractivity contribution in [3.8, 4) is 0 Å². The molecule has 0 aliphatic heterocycles. The number of rotatable bonds is 9. The van der Waals surface area contributed by atoms with Gasteiger partial charge in [-0.1, -0.05) is 43.1 Å². The van der Waals surface area contributed by atoms with Gasteiger partial charge >= 0.3 is 0 Å². The third kappa shape index (κ3) is 5.74. The Labute approximate surface area is 201 Å². The normalized spacial score (nSPS) is 13.2. The van der Waals surface area contributed by atoms with Crippen LogP contribution in [0.3, 0.4) is 0 Å². The zero-order chi connectivity index (χ0) is 23.3. The molecule has 1 aromatic carbocycles. The first kappa shape index (κ1) is 24.4. The van der Waals surface area contributed by atoms with Crippen molar-refractivity contribution >= 4 is 52.4 Å². The maximum atomic E-state index is 13.3. The number of hydrogen-bond acceptors (Lipinski definition) is 5. The summed E-state index contributed by atoms with van der Waals surface area (Å²) in [6, 6.07) is 9.14. The average molecular weight is 494 g/mol. The minimum absolute atomic E-state index is 0.152. The molecule has 1 unspecified atom stereocenters. The molecule has 3 aromatic rings. The summed E-state index contributed by atoms with van der Waals surface area (Å²) in [5.41, 5.74) is 0.967. The van der Waals surface area contributed by atoms with E-state index in [4.69, 9.17) is 23.2 Å². The van der Waals surface area contributed by atoms with Gasteiger partial charge in [0.05, 0.1) is 16.6 Å². The fraction of sp³-hybridized carbons (Fsp3) is 0.364. The first-order valence-corrected chi connectivity index (χ1v) is 12.3. The second-order valence-electron chi connectivity index (χ2n) is 7.65. The quantitative estimate of drug-likeness (QED) is 0.461. The Morgan fingerprint density at radius 3 is 2.59 bits per heavy atom. The van der Waals surface area contributed by atoms with Gasteiger partial charge in [0.25, 0.3) is 5.91 Å². The van der Waals surface area contributed by atoms with Crippen molar-refractivity contribution in [1.82, 2.24) is 25.2 Å². The summed E-state index contributed by atoms with van der Waals surface area (Å²) >= 11 is 13.8. The highest BCUT2D eigenvalue weighted by atomic mass is 35.5. The molecule has 0 aliphatic carbocycles. The number of carbonyl (C=O) groups excluding carboxylic acids is 2. The van der Waals surface area contributed by atoms with E-state index in [0.717, 1.165) is 5.75 Å². The molecular weight excluding hydrogens is 469 g/mol. The van der Waals surface area contributed by atoms with E-state index >= 15 is 0 Å². The van der Waals surface area contributed by atoms with Gasteiger partial charge in [0, 0.05) is 11.2 Å². The molecule has 0 spiro atoms.